The lowest BCUT2D eigenvalue weighted by Crippen LogP contribution is -2.14. The van der Waals surface area contributed by atoms with E-state index in [0.717, 1.165) is 19.3 Å². The standard InChI is InChI=1S/C11H23O5P/c1-4-7-14-11(12)10-17(13,15-8-5-2)16-9-6-3/h4-10H2,1-3H3. The first-order chi connectivity index (χ1) is 8.08. The van der Waals surface area contributed by atoms with Crippen LogP contribution in [0.1, 0.15) is 40.0 Å². The van der Waals surface area contributed by atoms with Crippen molar-refractivity contribution in [3.05, 3.63) is 0 Å². The lowest BCUT2D eigenvalue weighted by molar-refractivity contribution is -0.140. The van der Waals surface area contributed by atoms with E-state index in [4.69, 9.17) is 13.8 Å². The molecule has 0 saturated carbocycles. The summed E-state index contributed by atoms with van der Waals surface area (Å²) in [5.74, 6) is -0.526. The van der Waals surface area contributed by atoms with Gasteiger partial charge in [0.15, 0.2) is 0 Å². The molecule has 5 nitrogen and oxygen atoms in total. The molecule has 0 atom stereocenters. The minimum absolute atomic E-state index is 0.299. The molecule has 0 heterocycles. The maximum Gasteiger partial charge on any atom is 0.341 e. The van der Waals surface area contributed by atoms with Crippen LogP contribution >= 0.6 is 7.60 Å². The summed E-state index contributed by atoms with van der Waals surface area (Å²) in [7, 11) is -3.32. The normalized spacial score (nSPS) is 11.5. The van der Waals surface area contributed by atoms with Crippen LogP contribution in [0.3, 0.4) is 0 Å². The number of carbonyl (C=O) groups is 1. The number of esters is 1. The molecular formula is C11H23O5P. The van der Waals surface area contributed by atoms with Crippen molar-refractivity contribution in [3.63, 3.8) is 0 Å². The van der Waals surface area contributed by atoms with Crippen LogP contribution in [0.2, 0.25) is 0 Å². The van der Waals surface area contributed by atoms with Crippen molar-refractivity contribution in [2.24, 2.45) is 0 Å². The molecule has 0 rings (SSSR count). The Balaban J connectivity index is 4.25. The Kier molecular flexibility index (Phi) is 9.41. The van der Waals surface area contributed by atoms with E-state index in [0.29, 0.717) is 19.8 Å². The van der Waals surface area contributed by atoms with Crippen LogP contribution < -0.4 is 0 Å². The fourth-order valence-corrected chi connectivity index (χ4v) is 2.60. The van der Waals surface area contributed by atoms with Gasteiger partial charge in [0.05, 0.1) is 19.8 Å². The van der Waals surface area contributed by atoms with E-state index in [1.807, 2.05) is 20.8 Å². The molecule has 0 aromatic rings. The summed E-state index contributed by atoms with van der Waals surface area (Å²) < 4.78 is 27.4. The SMILES string of the molecule is CCCOC(=O)CP(=O)(OCCC)OCCC. The summed E-state index contributed by atoms with van der Waals surface area (Å²) in [4.78, 5) is 11.4. The minimum Gasteiger partial charge on any atom is -0.465 e. The van der Waals surface area contributed by atoms with Gasteiger partial charge in [-0.05, 0) is 19.3 Å². The van der Waals surface area contributed by atoms with Crippen molar-refractivity contribution in [1.82, 2.24) is 0 Å². The average Bonchev–Trinajstić information content (AvgIpc) is 2.31. The Labute approximate surface area is 103 Å². The maximum absolute atomic E-state index is 12.2. The highest BCUT2D eigenvalue weighted by molar-refractivity contribution is 7.54. The van der Waals surface area contributed by atoms with E-state index in [1.165, 1.54) is 0 Å². The van der Waals surface area contributed by atoms with Crippen LogP contribution in [0.25, 0.3) is 0 Å². The molecular weight excluding hydrogens is 243 g/mol. The Morgan fingerprint density at radius 2 is 1.41 bits per heavy atom. The lowest BCUT2D eigenvalue weighted by atomic mass is 10.5. The molecule has 0 aliphatic heterocycles. The zero-order valence-corrected chi connectivity index (χ0v) is 11.8. The third kappa shape index (κ3) is 8.36. The second-order valence-electron chi connectivity index (χ2n) is 3.66. The zero-order chi connectivity index (χ0) is 13.1. The number of carbonyl (C=O) groups excluding carboxylic acids is 1. The van der Waals surface area contributed by atoms with Gasteiger partial charge in [-0.1, -0.05) is 20.8 Å². The summed E-state index contributed by atoms with van der Waals surface area (Å²) in [5, 5.41) is 0. The van der Waals surface area contributed by atoms with E-state index in [9.17, 15) is 9.36 Å². The Bertz CT molecular complexity index is 242. The number of rotatable bonds is 10. The van der Waals surface area contributed by atoms with E-state index >= 15 is 0 Å². The highest BCUT2D eigenvalue weighted by Crippen LogP contribution is 2.48. The van der Waals surface area contributed by atoms with Gasteiger partial charge in [0.25, 0.3) is 0 Å². The fraction of sp³-hybridized carbons (Fsp3) is 0.909. The van der Waals surface area contributed by atoms with Gasteiger partial charge in [-0.25, -0.2) is 0 Å². The third-order valence-corrected chi connectivity index (χ3v) is 3.57. The molecule has 102 valence electrons. The molecule has 0 radical (unpaired) electrons. The summed E-state index contributed by atoms with van der Waals surface area (Å²) >= 11 is 0. The first-order valence-corrected chi connectivity index (χ1v) is 7.84. The number of hydrogen-bond donors (Lipinski definition) is 0. The van der Waals surface area contributed by atoms with Crippen LogP contribution in [-0.4, -0.2) is 32.0 Å². The third-order valence-electron chi connectivity index (χ3n) is 1.77. The van der Waals surface area contributed by atoms with Gasteiger partial charge in [-0.3, -0.25) is 9.36 Å². The molecule has 0 saturated heterocycles. The van der Waals surface area contributed by atoms with E-state index < -0.39 is 13.6 Å². The van der Waals surface area contributed by atoms with Crippen LogP contribution in [-0.2, 0) is 23.1 Å². The topological polar surface area (TPSA) is 61.8 Å². The van der Waals surface area contributed by atoms with Gasteiger partial charge in [0.2, 0.25) is 0 Å². The van der Waals surface area contributed by atoms with Gasteiger partial charge in [0, 0.05) is 0 Å². The van der Waals surface area contributed by atoms with Crippen LogP contribution in [0.5, 0.6) is 0 Å². The van der Waals surface area contributed by atoms with Crippen molar-refractivity contribution < 1.29 is 23.1 Å². The van der Waals surface area contributed by atoms with Gasteiger partial charge < -0.3 is 13.8 Å². The molecule has 0 N–H and O–H groups in total. The summed E-state index contributed by atoms with van der Waals surface area (Å²) in [6, 6.07) is 0. The molecule has 0 aromatic heterocycles. The highest BCUT2D eigenvalue weighted by Gasteiger charge is 2.28. The molecule has 0 unspecified atom stereocenters. The Morgan fingerprint density at radius 1 is 0.941 bits per heavy atom. The van der Waals surface area contributed by atoms with E-state index in [-0.39, 0.29) is 6.16 Å². The van der Waals surface area contributed by atoms with Crippen LogP contribution in [0, 0.1) is 0 Å². The van der Waals surface area contributed by atoms with E-state index in [1.54, 1.807) is 0 Å². The predicted molar refractivity (Wildman–Crippen MR) is 66.2 cm³/mol. The molecule has 0 bridgehead atoms. The Morgan fingerprint density at radius 3 is 1.82 bits per heavy atom. The molecule has 6 heteroatoms. The van der Waals surface area contributed by atoms with Gasteiger partial charge >= 0.3 is 13.6 Å². The first-order valence-electron chi connectivity index (χ1n) is 6.11. The average molecular weight is 266 g/mol. The van der Waals surface area contributed by atoms with Crippen molar-refractivity contribution in [2.75, 3.05) is 26.0 Å². The molecule has 0 aromatic carbocycles. The molecule has 17 heavy (non-hydrogen) atoms. The smallest absolute Gasteiger partial charge is 0.341 e. The minimum atomic E-state index is -3.32. The monoisotopic (exact) mass is 266 g/mol. The van der Waals surface area contributed by atoms with Crippen molar-refractivity contribution in [2.45, 2.75) is 40.0 Å². The fourth-order valence-electron chi connectivity index (χ4n) is 1.01. The molecule has 0 spiro atoms. The predicted octanol–water partition coefficient (Wildman–Crippen LogP) is 2.99. The van der Waals surface area contributed by atoms with Crippen LogP contribution in [0.15, 0.2) is 0 Å². The quantitative estimate of drug-likeness (QED) is 0.449. The van der Waals surface area contributed by atoms with Crippen molar-refractivity contribution >= 4 is 13.6 Å². The summed E-state index contributed by atoms with van der Waals surface area (Å²) in [6.07, 6.45) is 1.89. The second-order valence-corrected chi connectivity index (χ2v) is 5.71. The first kappa shape index (κ1) is 16.6. The van der Waals surface area contributed by atoms with Crippen molar-refractivity contribution in [3.8, 4) is 0 Å². The molecule has 0 aliphatic carbocycles. The lowest BCUT2D eigenvalue weighted by Gasteiger charge is -2.17. The molecule has 0 fully saturated rings. The van der Waals surface area contributed by atoms with Gasteiger partial charge in [-0.15, -0.1) is 0 Å². The van der Waals surface area contributed by atoms with Crippen LogP contribution in [0.4, 0.5) is 0 Å². The maximum atomic E-state index is 12.2. The molecule has 0 amide bonds. The largest absolute Gasteiger partial charge is 0.465 e. The summed E-state index contributed by atoms with van der Waals surface area (Å²) in [5.41, 5.74) is 0. The highest BCUT2D eigenvalue weighted by atomic mass is 31.2. The Hall–Kier alpha value is -0.380. The second kappa shape index (κ2) is 9.63. The van der Waals surface area contributed by atoms with E-state index in [2.05, 4.69) is 0 Å². The zero-order valence-electron chi connectivity index (χ0n) is 10.9. The van der Waals surface area contributed by atoms with Crippen molar-refractivity contribution in [1.29, 1.82) is 0 Å². The van der Waals surface area contributed by atoms with Gasteiger partial charge in [-0.2, -0.15) is 0 Å². The summed E-state index contributed by atoms with van der Waals surface area (Å²) in [6.45, 7) is 6.68. The number of hydrogen-bond acceptors (Lipinski definition) is 5. The molecule has 0 aliphatic rings. The van der Waals surface area contributed by atoms with Gasteiger partial charge in [0.1, 0.15) is 6.16 Å². The number of ether oxygens (including phenoxy) is 1.